The number of amides is 1. The highest BCUT2D eigenvalue weighted by molar-refractivity contribution is 7.10. The summed E-state index contributed by atoms with van der Waals surface area (Å²) in [5.74, 6) is -1.19. The third-order valence-corrected chi connectivity index (χ3v) is 5.30. The number of carbonyl (C=O) groups is 2. The van der Waals surface area contributed by atoms with Crippen LogP contribution in [-0.2, 0) is 9.59 Å². The second-order valence-electron chi connectivity index (χ2n) is 5.54. The molecule has 1 aromatic heterocycles. The van der Waals surface area contributed by atoms with Crippen molar-refractivity contribution < 1.29 is 14.7 Å². The third kappa shape index (κ3) is 3.20. The number of rotatable bonds is 4. The second-order valence-corrected chi connectivity index (χ2v) is 6.52. The maximum absolute atomic E-state index is 12.5. The quantitative estimate of drug-likeness (QED) is 0.928. The maximum atomic E-state index is 12.5. The van der Waals surface area contributed by atoms with Gasteiger partial charge in [-0.15, -0.1) is 11.3 Å². The standard InChI is InChI=1S/C15H21NO3S/c1-10(13-7-4-8-20-13)16(2)14(17)11-5-3-6-12(9-11)15(18)19/h4,7-8,10-12H,3,5-6,9H2,1-2H3,(H,18,19). The molecule has 1 amide bonds. The second kappa shape index (κ2) is 6.39. The first-order valence-electron chi connectivity index (χ1n) is 7.03. The Morgan fingerprint density at radius 3 is 2.70 bits per heavy atom. The number of carbonyl (C=O) groups excluding carboxylic acids is 1. The fourth-order valence-corrected chi connectivity index (χ4v) is 3.66. The van der Waals surface area contributed by atoms with E-state index < -0.39 is 5.97 Å². The molecular weight excluding hydrogens is 274 g/mol. The van der Waals surface area contributed by atoms with Gasteiger partial charge < -0.3 is 10.0 Å². The summed E-state index contributed by atoms with van der Waals surface area (Å²) < 4.78 is 0. The van der Waals surface area contributed by atoms with E-state index in [4.69, 9.17) is 5.11 Å². The van der Waals surface area contributed by atoms with Crippen molar-refractivity contribution in [1.82, 2.24) is 4.90 Å². The van der Waals surface area contributed by atoms with Crippen molar-refractivity contribution in [3.8, 4) is 0 Å². The highest BCUT2D eigenvalue weighted by atomic mass is 32.1. The van der Waals surface area contributed by atoms with Gasteiger partial charge in [0.05, 0.1) is 12.0 Å². The number of thiophene rings is 1. The van der Waals surface area contributed by atoms with Crippen molar-refractivity contribution in [3.05, 3.63) is 22.4 Å². The van der Waals surface area contributed by atoms with Crippen LogP contribution in [0, 0.1) is 11.8 Å². The molecule has 20 heavy (non-hydrogen) atoms. The molecule has 3 atom stereocenters. The van der Waals surface area contributed by atoms with E-state index >= 15 is 0 Å². The first-order valence-corrected chi connectivity index (χ1v) is 7.91. The lowest BCUT2D eigenvalue weighted by molar-refractivity contribution is -0.145. The highest BCUT2D eigenvalue weighted by Gasteiger charge is 2.33. The number of aliphatic carboxylic acids is 1. The molecule has 110 valence electrons. The fourth-order valence-electron chi connectivity index (χ4n) is 2.84. The summed E-state index contributed by atoms with van der Waals surface area (Å²) in [6, 6.07) is 4.06. The van der Waals surface area contributed by atoms with Crippen LogP contribution in [0.1, 0.15) is 43.5 Å². The van der Waals surface area contributed by atoms with Crippen LogP contribution < -0.4 is 0 Å². The summed E-state index contributed by atoms with van der Waals surface area (Å²) in [6.45, 7) is 2.02. The molecule has 1 heterocycles. The summed E-state index contributed by atoms with van der Waals surface area (Å²) in [6.07, 6.45) is 2.82. The number of hydrogen-bond donors (Lipinski definition) is 1. The molecule has 1 saturated carbocycles. The van der Waals surface area contributed by atoms with Crippen LogP contribution in [0.25, 0.3) is 0 Å². The van der Waals surface area contributed by atoms with Crippen LogP contribution in [0.5, 0.6) is 0 Å². The van der Waals surface area contributed by atoms with E-state index in [0.29, 0.717) is 12.8 Å². The van der Waals surface area contributed by atoms with Gasteiger partial charge in [0, 0.05) is 17.8 Å². The molecular formula is C15H21NO3S. The average Bonchev–Trinajstić information content (AvgIpc) is 2.99. The molecule has 1 aliphatic rings. The number of nitrogens with zero attached hydrogens (tertiary/aromatic N) is 1. The lowest BCUT2D eigenvalue weighted by Crippen LogP contribution is -2.38. The Bertz CT molecular complexity index is 471. The number of carboxylic acid groups (broad SMARTS) is 1. The summed E-state index contributed by atoms with van der Waals surface area (Å²) >= 11 is 1.64. The molecule has 1 aromatic rings. The van der Waals surface area contributed by atoms with Gasteiger partial charge in [0.25, 0.3) is 0 Å². The van der Waals surface area contributed by atoms with Crippen LogP contribution in [0.4, 0.5) is 0 Å². The molecule has 3 unspecified atom stereocenters. The Hall–Kier alpha value is -1.36. The summed E-state index contributed by atoms with van der Waals surface area (Å²) in [5, 5.41) is 11.1. The van der Waals surface area contributed by atoms with Crippen molar-refractivity contribution >= 4 is 23.2 Å². The zero-order valence-electron chi connectivity index (χ0n) is 11.9. The minimum Gasteiger partial charge on any atom is -0.481 e. The van der Waals surface area contributed by atoms with Crippen LogP contribution in [0.15, 0.2) is 17.5 Å². The lowest BCUT2D eigenvalue weighted by Gasteiger charge is -2.32. The van der Waals surface area contributed by atoms with Gasteiger partial charge in [-0.1, -0.05) is 12.5 Å². The van der Waals surface area contributed by atoms with E-state index in [0.717, 1.165) is 17.7 Å². The summed E-state index contributed by atoms with van der Waals surface area (Å²) in [7, 11) is 1.82. The maximum Gasteiger partial charge on any atom is 0.306 e. The van der Waals surface area contributed by atoms with E-state index in [1.54, 1.807) is 16.2 Å². The van der Waals surface area contributed by atoms with Gasteiger partial charge in [0.2, 0.25) is 5.91 Å². The van der Waals surface area contributed by atoms with Crippen LogP contribution in [-0.4, -0.2) is 28.9 Å². The van der Waals surface area contributed by atoms with Gasteiger partial charge in [-0.3, -0.25) is 9.59 Å². The smallest absolute Gasteiger partial charge is 0.306 e. The Kier molecular flexibility index (Phi) is 4.81. The first kappa shape index (κ1) is 15.0. The van der Waals surface area contributed by atoms with Crippen LogP contribution in [0.2, 0.25) is 0 Å². The van der Waals surface area contributed by atoms with Crippen molar-refractivity contribution in [3.63, 3.8) is 0 Å². The fraction of sp³-hybridized carbons (Fsp3) is 0.600. The largest absolute Gasteiger partial charge is 0.481 e. The van der Waals surface area contributed by atoms with E-state index in [-0.39, 0.29) is 23.8 Å². The normalized spacial score (nSPS) is 24.1. The topological polar surface area (TPSA) is 57.6 Å². The van der Waals surface area contributed by atoms with E-state index in [2.05, 4.69) is 0 Å². The Morgan fingerprint density at radius 2 is 2.10 bits per heavy atom. The van der Waals surface area contributed by atoms with Crippen LogP contribution in [0.3, 0.4) is 0 Å². The SMILES string of the molecule is CC(c1cccs1)N(C)C(=O)C1CCCC(C(=O)O)C1. The summed E-state index contributed by atoms with van der Waals surface area (Å²) in [4.78, 5) is 26.6. The Morgan fingerprint density at radius 1 is 1.40 bits per heavy atom. The van der Waals surface area contributed by atoms with Gasteiger partial charge in [-0.2, -0.15) is 0 Å². The molecule has 0 bridgehead atoms. The van der Waals surface area contributed by atoms with Gasteiger partial charge in [0.15, 0.2) is 0 Å². The van der Waals surface area contributed by atoms with E-state index in [9.17, 15) is 9.59 Å². The molecule has 1 fully saturated rings. The predicted molar refractivity (Wildman–Crippen MR) is 78.6 cm³/mol. The lowest BCUT2D eigenvalue weighted by atomic mass is 9.80. The zero-order valence-corrected chi connectivity index (χ0v) is 12.7. The predicted octanol–water partition coefficient (Wildman–Crippen LogP) is 3.16. The summed E-state index contributed by atoms with van der Waals surface area (Å²) in [5.41, 5.74) is 0. The molecule has 2 rings (SSSR count). The van der Waals surface area contributed by atoms with Gasteiger partial charge in [0.1, 0.15) is 0 Å². The van der Waals surface area contributed by atoms with Gasteiger partial charge in [-0.25, -0.2) is 0 Å². The first-order chi connectivity index (χ1) is 9.50. The van der Waals surface area contributed by atoms with Crippen molar-refractivity contribution in [2.75, 3.05) is 7.05 Å². The van der Waals surface area contributed by atoms with Crippen LogP contribution >= 0.6 is 11.3 Å². The Balaban J connectivity index is 2.01. The average molecular weight is 295 g/mol. The van der Waals surface area contributed by atoms with Gasteiger partial charge >= 0.3 is 5.97 Å². The molecule has 4 nitrogen and oxygen atoms in total. The monoisotopic (exact) mass is 295 g/mol. The van der Waals surface area contributed by atoms with E-state index in [1.165, 1.54) is 0 Å². The molecule has 0 saturated heterocycles. The Labute approximate surface area is 123 Å². The highest BCUT2D eigenvalue weighted by Crippen LogP contribution is 2.32. The van der Waals surface area contributed by atoms with Crippen molar-refractivity contribution in [2.24, 2.45) is 11.8 Å². The number of carboxylic acids is 1. The molecule has 5 heteroatoms. The van der Waals surface area contributed by atoms with Crippen molar-refractivity contribution in [2.45, 2.75) is 38.6 Å². The van der Waals surface area contributed by atoms with Gasteiger partial charge in [-0.05, 0) is 37.6 Å². The van der Waals surface area contributed by atoms with E-state index in [1.807, 2.05) is 31.5 Å². The molecule has 0 aliphatic heterocycles. The zero-order chi connectivity index (χ0) is 14.7. The minimum absolute atomic E-state index is 0.0488. The minimum atomic E-state index is -0.767. The number of hydrogen-bond acceptors (Lipinski definition) is 3. The molecule has 0 spiro atoms. The third-order valence-electron chi connectivity index (χ3n) is 4.26. The molecule has 0 aromatic carbocycles. The molecule has 1 aliphatic carbocycles. The molecule has 1 N–H and O–H groups in total. The molecule has 0 radical (unpaired) electrons. The van der Waals surface area contributed by atoms with Crippen molar-refractivity contribution in [1.29, 1.82) is 0 Å².